The van der Waals surface area contributed by atoms with Gasteiger partial charge in [0.25, 0.3) is 0 Å². The molecule has 0 aliphatic heterocycles. The van der Waals surface area contributed by atoms with Crippen molar-refractivity contribution in [1.29, 1.82) is 0 Å². The van der Waals surface area contributed by atoms with Gasteiger partial charge in [0.15, 0.2) is 12.0 Å². The Kier molecular flexibility index (Phi) is 1.55. The number of imidazole rings is 1. The third-order valence-electron chi connectivity index (χ3n) is 1.25. The average molecular weight is 140 g/mol. The summed E-state index contributed by atoms with van der Waals surface area (Å²) in [5, 5.41) is 9.24. The number of carbonyl (C=O) groups is 1. The third-order valence-corrected chi connectivity index (χ3v) is 1.25. The highest BCUT2D eigenvalue weighted by molar-refractivity contribution is 5.58. The second kappa shape index (κ2) is 2.22. The van der Waals surface area contributed by atoms with Crippen molar-refractivity contribution in [3.63, 3.8) is 0 Å². The Labute approximate surface area is 58.1 Å². The minimum Gasteiger partial charge on any atom is -0.365 e. The lowest BCUT2D eigenvalue weighted by Crippen LogP contribution is -2.29. The fraction of sp³-hybridized carbons (Fsp3) is 0.333. The quantitative estimate of drug-likeness (QED) is 0.576. The van der Waals surface area contributed by atoms with Gasteiger partial charge >= 0.3 is 0 Å². The first-order chi connectivity index (χ1) is 4.67. The molecule has 1 atom stereocenters. The van der Waals surface area contributed by atoms with E-state index < -0.39 is 5.72 Å². The number of carbonyl (C=O) groups excluding carboxylic acids is 1. The summed E-state index contributed by atoms with van der Waals surface area (Å²) in [6.07, 6.45) is 4.86. The predicted molar refractivity (Wildman–Crippen MR) is 34.2 cm³/mol. The van der Waals surface area contributed by atoms with Gasteiger partial charge in [0.2, 0.25) is 0 Å². The maximum atomic E-state index is 10.2. The van der Waals surface area contributed by atoms with Crippen molar-refractivity contribution < 1.29 is 9.90 Å². The first-order valence-corrected chi connectivity index (χ1v) is 2.84. The molecule has 0 aromatic carbocycles. The van der Waals surface area contributed by atoms with Crippen molar-refractivity contribution in [2.24, 2.45) is 0 Å². The van der Waals surface area contributed by atoms with Crippen LogP contribution in [0.1, 0.15) is 6.92 Å². The van der Waals surface area contributed by atoms with E-state index in [1.165, 1.54) is 30.2 Å². The summed E-state index contributed by atoms with van der Waals surface area (Å²) in [4.78, 5) is 13.9. The van der Waals surface area contributed by atoms with Gasteiger partial charge in [-0.1, -0.05) is 0 Å². The van der Waals surface area contributed by atoms with Gasteiger partial charge in [0.05, 0.1) is 6.33 Å². The normalized spacial score (nSPS) is 16.2. The summed E-state index contributed by atoms with van der Waals surface area (Å²) in [7, 11) is 0. The molecule has 1 N–H and O–H groups in total. The molecule has 4 nitrogen and oxygen atoms in total. The Morgan fingerprint density at radius 2 is 2.50 bits per heavy atom. The lowest BCUT2D eigenvalue weighted by Gasteiger charge is -2.16. The highest BCUT2D eigenvalue weighted by Crippen LogP contribution is 2.05. The van der Waals surface area contributed by atoms with Crippen LogP contribution in [0, 0.1) is 0 Å². The van der Waals surface area contributed by atoms with E-state index in [0.29, 0.717) is 6.29 Å². The number of hydrogen-bond acceptors (Lipinski definition) is 3. The lowest BCUT2D eigenvalue weighted by molar-refractivity contribution is -0.131. The van der Waals surface area contributed by atoms with E-state index in [4.69, 9.17) is 0 Å². The maximum absolute atomic E-state index is 10.2. The Balaban J connectivity index is 2.95. The lowest BCUT2D eigenvalue weighted by atomic mass is 10.3. The Hall–Kier alpha value is -1.16. The molecular weight excluding hydrogens is 132 g/mol. The zero-order chi connectivity index (χ0) is 7.61. The second-order valence-electron chi connectivity index (χ2n) is 2.18. The number of aldehydes is 1. The molecule has 1 unspecified atom stereocenters. The van der Waals surface area contributed by atoms with Gasteiger partial charge in [-0.15, -0.1) is 0 Å². The van der Waals surface area contributed by atoms with Crippen LogP contribution in [0.3, 0.4) is 0 Å². The van der Waals surface area contributed by atoms with E-state index in [1.807, 2.05) is 0 Å². The molecule has 0 amide bonds. The summed E-state index contributed by atoms with van der Waals surface area (Å²) in [6.45, 7) is 1.39. The van der Waals surface area contributed by atoms with E-state index in [9.17, 15) is 9.90 Å². The molecule has 0 saturated carbocycles. The molecule has 1 aromatic heterocycles. The van der Waals surface area contributed by atoms with Crippen LogP contribution in [0.25, 0.3) is 0 Å². The number of aliphatic hydroxyl groups is 1. The van der Waals surface area contributed by atoms with Crippen molar-refractivity contribution in [3.05, 3.63) is 18.7 Å². The van der Waals surface area contributed by atoms with Crippen LogP contribution in [0.15, 0.2) is 18.7 Å². The van der Waals surface area contributed by atoms with Crippen molar-refractivity contribution in [1.82, 2.24) is 9.55 Å². The monoisotopic (exact) mass is 140 g/mol. The molecule has 0 fully saturated rings. The van der Waals surface area contributed by atoms with Crippen LogP contribution in [0.2, 0.25) is 0 Å². The van der Waals surface area contributed by atoms with E-state index in [-0.39, 0.29) is 0 Å². The Morgan fingerprint density at radius 1 is 1.80 bits per heavy atom. The molecular formula is C6H8N2O2. The molecule has 0 saturated heterocycles. The Morgan fingerprint density at radius 3 is 2.90 bits per heavy atom. The molecule has 0 aliphatic rings. The van der Waals surface area contributed by atoms with E-state index >= 15 is 0 Å². The van der Waals surface area contributed by atoms with Crippen molar-refractivity contribution in [2.45, 2.75) is 12.6 Å². The van der Waals surface area contributed by atoms with Gasteiger partial charge in [0.1, 0.15) is 0 Å². The Bertz CT molecular complexity index is 216. The van der Waals surface area contributed by atoms with Crippen LogP contribution >= 0.6 is 0 Å². The molecule has 0 radical (unpaired) electrons. The minimum atomic E-state index is -1.46. The summed E-state index contributed by atoms with van der Waals surface area (Å²) < 4.78 is 1.32. The van der Waals surface area contributed by atoms with Crippen molar-refractivity contribution >= 4 is 6.29 Å². The first-order valence-electron chi connectivity index (χ1n) is 2.84. The van der Waals surface area contributed by atoms with Crippen LogP contribution in [0.4, 0.5) is 0 Å². The SMILES string of the molecule is CC(O)(C=O)n1ccnc1. The topological polar surface area (TPSA) is 55.1 Å². The highest BCUT2D eigenvalue weighted by atomic mass is 16.3. The maximum Gasteiger partial charge on any atom is 0.196 e. The zero-order valence-corrected chi connectivity index (χ0v) is 5.56. The van der Waals surface area contributed by atoms with Gasteiger partial charge < -0.3 is 9.67 Å². The summed E-state index contributed by atoms with van der Waals surface area (Å²) in [5.41, 5.74) is -1.46. The molecule has 4 heteroatoms. The van der Waals surface area contributed by atoms with E-state index in [0.717, 1.165) is 0 Å². The molecule has 1 rings (SSSR count). The van der Waals surface area contributed by atoms with E-state index in [2.05, 4.69) is 4.98 Å². The van der Waals surface area contributed by atoms with Crippen LogP contribution in [0.5, 0.6) is 0 Å². The van der Waals surface area contributed by atoms with Crippen LogP contribution in [-0.2, 0) is 10.5 Å². The fourth-order valence-corrected chi connectivity index (χ4v) is 0.588. The molecule has 54 valence electrons. The first kappa shape index (κ1) is 6.95. The molecule has 0 aliphatic carbocycles. The average Bonchev–Trinajstić information content (AvgIpc) is 2.38. The predicted octanol–water partition coefficient (Wildman–Crippen LogP) is -0.253. The third kappa shape index (κ3) is 1.06. The number of nitrogens with zero attached hydrogens (tertiary/aromatic N) is 2. The van der Waals surface area contributed by atoms with Gasteiger partial charge in [-0.3, -0.25) is 4.79 Å². The van der Waals surface area contributed by atoms with Crippen LogP contribution in [-0.4, -0.2) is 20.9 Å². The largest absolute Gasteiger partial charge is 0.365 e. The van der Waals surface area contributed by atoms with Crippen LogP contribution < -0.4 is 0 Å². The van der Waals surface area contributed by atoms with Gasteiger partial charge in [-0.25, -0.2) is 4.98 Å². The van der Waals surface area contributed by atoms with Crippen molar-refractivity contribution in [3.8, 4) is 0 Å². The highest BCUT2D eigenvalue weighted by Gasteiger charge is 2.19. The zero-order valence-electron chi connectivity index (χ0n) is 5.56. The minimum absolute atomic E-state index is 0.453. The summed E-state index contributed by atoms with van der Waals surface area (Å²) >= 11 is 0. The summed E-state index contributed by atoms with van der Waals surface area (Å²) in [5.74, 6) is 0. The molecule has 10 heavy (non-hydrogen) atoms. The standard InChI is InChI=1S/C6H8N2O2/c1-6(10,4-9)8-3-2-7-5-8/h2-5,10H,1H3. The number of aromatic nitrogens is 2. The number of rotatable bonds is 2. The van der Waals surface area contributed by atoms with Crippen molar-refractivity contribution in [2.75, 3.05) is 0 Å². The number of hydrogen-bond donors (Lipinski definition) is 1. The van der Waals surface area contributed by atoms with Gasteiger partial charge in [-0.05, 0) is 6.92 Å². The molecule has 1 heterocycles. The fourth-order valence-electron chi connectivity index (χ4n) is 0.588. The second-order valence-corrected chi connectivity index (χ2v) is 2.18. The molecule has 0 spiro atoms. The molecule has 1 aromatic rings. The van der Waals surface area contributed by atoms with Gasteiger partial charge in [0, 0.05) is 12.4 Å². The smallest absolute Gasteiger partial charge is 0.196 e. The van der Waals surface area contributed by atoms with E-state index in [1.54, 1.807) is 0 Å². The van der Waals surface area contributed by atoms with Gasteiger partial charge in [-0.2, -0.15) is 0 Å². The summed E-state index contributed by atoms with van der Waals surface area (Å²) in [6, 6.07) is 0. The molecule has 0 bridgehead atoms.